The van der Waals surface area contributed by atoms with Crippen molar-refractivity contribution >= 4 is 17.8 Å². The van der Waals surface area contributed by atoms with E-state index >= 15 is 0 Å². The number of hydrazine groups is 1. The van der Waals surface area contributed by atoms with Gasteiger partial charge in [-0.25, -0.2) is 14.4 Å². The predicted octanol–water partition coefficient (Wildman–Crippen LogP) is 3.02. The van der Waals surface area contributed by atoms with E-state index in [1.807, 2.05) is 44.2 Å². The van der Waals surface area contributed by atoms with Gasteiger partial charge in [0.1, 0.15) is 12.4 Å². The molecule has 7 nitrogen and oxygen atoms in total. The van der Waals surface area contributed by atoms with E-state index in [4.69, 9.17) is 0 Å². The van der Waals surface area contributed by atoms with Crippen LogP contribution in [0.15, 0.2) is 73.3 Å². The molecule has 0 fully saturated rings. The minimum absolute atomic E-state index is 0.0903. The normalized spacial score (nSPS) is 12.3. The van der Waals surface area contributed by atoms with Gasteiger partial charge in [-0.1, -0.05) is 56.3 Å². The first kappa shape index (κ1) is 20.0. The second kappa shape index (κ2) is 8.52. The number of imidazole rings is 1. The highest BCUT2D eigenvalue weighted by molar-refractivity contribution is 6.21. The molecule has 29 heavy (non-hydrogen) atoms. The zero-order chi connectivity index (χ0) is 21.0. The lowest BCUT2D eigenvalue weighted by Crippen LogP contribution is -2.50. The van der Waals surface area contributed by atoms with E-state index in [0.717, 1.165) is 10.6 Å². The molecule has 0 aliphatic carbocycles. The van der Waals surface area contributed by atoms with Crippen molar-refractivity contribution in [3.05, 3.63) is 90.0 Å². The van der Waals surface area contributed by atoms with E-state index in [2.05, 4.69) is 0 Å². The minimum atomic E-state index is -0.503. The third-order valence-electron chi connectivity index (χ3n) is 4.40. The first-order valence-corrected chi connectivity index (χ1v) is 9.43. The zero-order valence-corrected chi connectivity index (χ0v) is 16.6. The standard InChI is InChI=1S/C20H17N4O3.C2H6/c1-21-11-12-22(14-21)20(27)23(13-15-7-3-2-4-8-15)24-18(25)16-9-5-6-10-17(16)19(24)26;1-2/h2-12,14H,13H2,1H3;1-2H3/q+1;. The molecule has 1 aliphatic rings. The minimum Gasteiger partial charge on any atom is -0.267 e. The van der Waals surface area contributed by atoms with Gasteiger partial charge >= 0.3 is 6.03 Å². The van der Waals surface area contributed by atoms with Gasteiger partial charge in [-0.3, -0.25) is 9.59 Å². The monoisotopic (exact) mass is 391 g/mol. The average Bonchev–Trinajstić information content (AvgIpc) is 3.30. The van der Waals surface area contributed by atoms with Gasteiger partial charge in [-0.05, 0) is 17.7 Å². The first-order chi connectivity index (χ1) is 14.1. The fraction of sp³-hybridized carbons (Fsp3) is 0.182. The SMILES string of the molecule is CC.C[n+]1ccn(C(=O)N(Cc2ccccc2)N2C(=O)c3ccccc3C2=O)c1. The van der Waals surface area contributed by atoms with Crippen molar-refractivity contribution in [1.29, 1.82) is 0 Å². The van der Waals surface area contributed by atoms with Gasteiger partial charge in [-0.15, -0.1) is 0 Å². The van der Waals surface area contributed by atoms with Crippen LogP contribution in [0, 0.1) is 0 Å². The van der Waals surface area contributed by atoms with Crippen LogP contribution in [0.25, 0.3) is 0 Å². The summed E-state index contributed by atoms with van der Waals surface area (Å²) in [5, 5.41) is 2.11. The van der Waals surface area contributed by atoms with Crippen molar-refractivity contribution in [3.8, 4) is 0 Å². The van der Waals surface area contributed by atoms with Crippen molar-refractivity contribution in [2.75, 3.05) is 0 Å². The Morgan fingerprint density at radius 3 is 2.00 bits per heavy atom. The van der Waals surface area contributed by atoms with Crippen LogP contribution in [0.2, 0.25) is 0 Å². The van der Waals surface area contributed by atoms with Gasteiger partial charge in [0, 0.05) is 0 Å². The van der Waals surface area contributed by atoms with Crippen molar-refractivity contribution in [1.82, 2.24) is 14.6 Å². The number of fused-ring (bicyclic) bond motifs is 1. The van der Waals surface area contributed by atoms with Crippen molar-refractivity contribution in [3.63, 3.8) is 0 Å². The summed E-state index contributed by atoms with van der Waals surface area (Å²) in [5.41, 5.74) is 1.40. The van der Waals surface area contributed by atoms with Crippen LogP contribution < -0.4 is 4.57 Å². The number of carbonyl (C=O) groups excluding carboxylic acids is 3. The van der Waals surface area contributed by atoms with E-state index in [9.17, 15) is 14.4 Å². The molecule has 2 aromatic carbocycles. The Hall–Kier alpha value is -3.74. The Kier molecular flexibility index (Phi) is 5.87. The molecular weight excluding hydrogens is 368 g/mol. The summed E-state index contributed by atoms with van der Waals surface area (Å²) >= 11 is 0. The van der Waals surface area contributed by atoms with Crippen LogP contribution in [0.3, 0.4) is 0 Å². The molecule has 4 rings (SSSR count). The summed E-state index contributed by atoms with van der Waals surface area (Å²) in [6, 6.07) is 15.3. The molecule has 3 amide bonds. The lowest BCUT2D eigenvalue weighted by Gasteiger charge is -2.27. The van der Waals surface area contributed by atoms with E-state index in [1.165, 1.54) is 9.58 Å². The summed E-state index contributed by atoms with van der Waals surface area (Å²) in [6.07, 6.45) is 4.87. The maximum Gasteiger partial charge on any atom is 0.435 e. The Bertz CT molecular complexity index is 1010. The molecule has 0 unspecified atom stereocenters. The van der Waals surface area contributed by atoms with Gasteiger partial charge in [-0.2, -0.15) is 9.58 Å². The Balaban J connectivity index is 0.00000117. The molecule has 0 atom stereocenters. The number of hydrogen-bond donors (Lipinski definition) is 0. The molecule has 0 saturated carbocycles. The van der Waals surface area contributed by atoms with E-state index in [0.29, 0.717) is 11.1 Å². The van der Waals surface area contributed by atoms with E-state index in [-0.39, 0.29) is 6.54 Å². The number of imide groups is 1. The molecular formula is C22H23N4O3+. The number of rotatable bonds is 3. The quantitative estimate of drug-likeness (QED) is 0.509. The Morgan fingerprint density at radius 2 is 1.48 bits per heavy atom. The number of aryl methyl sites for hydroxylation is 1. The maximum atomic E-state index is 13.1. The van der Waals surface area contributed by atoms with Crippen LogP contribution in [-0.2, 0) is 13.6 Å². The van der Waals surface area contributed by atoms with Crippen molar-refractivity contribution in [2.45, 2.75) is 20.4 Å². The highest BCUT2D eigenvalue weighted by Crippen LogP contribution is 2.25. The second-order valence-corrected chi connectivity index (χ2v) is 6.28. The molecule has 148 valence electrons. The Labute approximate surface area is 169 Å². The van der Waals surface area contributed by atoms with Gasteiger partial charge < -0.3 is 0 Å². The number of nitrogens with zero attached hydrogens (tertiary/aromatic N) is 4. The molecule has 3 aromatic rings. The summed E-state index contributed by atoms with van der Waals surface area (Å²) < 4.78 is 3.05. The summed E-state index contributed by atoms with van der Waals surface area (Å²) in [7, 11) is 1.79. The van der Waals surface area contributed by atoms with Gasteiger partial charge in [0.25, 0.3) is 18.1 Å². The molecule has 2 heterocycles. The number of hydrogen-bond acceptors (Lipinski definition) is 3. The fourth-order valence-corrected chi connectivity index (χ4v) is 3.07. The van der Waals surface area contributed by atoms with Crippen LogP contribution in [0.4, 0.5) is 4.79 Å². The third kappa shape index (κ3) is 3.80. The van der Waals surface area contributed by atoms with Gasteiger partial charge in [0.05, 0.1) is 24.7 Å². The highest BCUT2D eigenvalue weighted by atomic mass is 16.2. The van der Waals surface area contributed by atoms with Crippen molar-refractivity contribution in [2.24, 2.45) is 7.05 Å². The number of carbonyl (C=O) groups is 3. The number of amides is 3. The summed E-state index contributed by atoms with van der Waals surface area (Å²) in [6.45, 7) is 4.09. The largest absolute Gasteiger partial charge is 0.435 e. The average molecular weight is 391 g/mol. The van der Waals surface area contributed by atoms with E-state index < -0.39 is 17.8 Å². The summed E-state index contributed by atoms with van der Waals surface area (Å²) in [5.74, 6) is -1.01. The lowest BCUT2D eigenvalue weighted by atomic mass is 10.1. The molecule has 0 bridgehead atoms. The van der Waals surface area contributed by atoms with Crippen LogP contribution in [-0.4, -0.2) is 32.4 Å². The molecule has 7 heteroatoms. The Morgan fingerprint density at radius 1 is 0.931 bits per heavy atom. The van der Waals surface area contributed by atoms with Crippen LogP contribution in [0.1, 0.15) is 40.1 Å². The maximum absolute atomic E-state index is 13.1. The smallest absolute Gasteiger partial charge is 0.267 e. The number of benzene rings is 2. The van der Waals surface area contributed by atoms with Crippen LogP contribution in [0.5, 0.6) is 0 Å². The molecule has 0 spiro atoms. The topological polar surface area (TPSA) is 66.5 Å². The van der Waals surface area contributed by atoms with Gasteiger partial charge in [0.2, 0.25) is 0 Å². The van der Waals surface area contributed by atoms with E-state index in [1.54, 1.807) is 54.6 Å². The molecule has 0 saturated heterocycles. The fourth-order valence-electron chi connectivity index (χ4n) is 3.07. The third-order valence-corrected chi connectivity index (χ3v) is 4.40. The number of aromatic nitrogens is 2. The molecule has 1 aromatic heterocycles. The highest BCUT2D eigenvalue weighted by Gasteiger charge is 2.42. The molecule has 1 aliphatic heterocycles. The lowest BCUT2D eigenvalue weighted by molar-refractivity contribution is -0.670. The summed E-state index contributed by atoms with van der Waals surface area (Å²) in [4.78, 5) is 38.9. The molecule has 0 radical (unpaired) electrons. The second-order valence-electron chi connectivity index (χ2n) is 6.28. The van der Waals surface area contributed by atoms with Crippen molar-refractivity contribution < 1.29 is 19.0 Å². The molecule has 0 N–H and O–H groups in total. The predicted molar refractivity (Wildman–Crippen MR) is 107 cm³/mol. The first-order valence-electron chi connectivity index (χ1n) is 9.43. The van der Waals surface area contributed by atoms with Gasteiger partial charge in [0.15, 0.2) is 0 Å². The zero-order valence-electron chi connectivity index (χ0n) is 16.6. The van der Waals surface area contributed by atoms with Crippen LogP contribution >= 0.6 is 0 Å².